The number of nitriles is 1. The van der Waals surface area contributed by atoms with Crippen molar-refractivity contribution in [2.45, 2.75) is 17.9 Å². The molecule has 0 bridgehead atoms. The number of nitrogens with one attached hydrogen (secondary N) is 2. The van der Waals surface area contributed by atoms with Gasteiger partial charge in [-0.05, 0) is 41.5 Å². The van der Waals surface area contributed by atoms with Gasteiger partial charge in [0.15, 0.2) is 6.61 Å². The van der Waals surface area contributed by atoms with E-state index in [1.165, 1.54) is 12.1 Å². The maximum atomic E-state index is 12.7. The van der Waals surface area contributed by atoms with Gasteiger partial charge in [-0.25, -0.2) is 17.9 Å². The van der Waals surface area contributed by atoms with Crippen LogP contribution in [0.3, 0.4) is 0 Å². The van der Waals surface area contributed by atoms with Gasteiger partial charge in [0.25, 0.3) is 5.91 Å². The van der Waals surface area contributed by atoms with Gasteiger partial charge in [0, 0.05) is 12.2 Å². The first-order valence-corrected chi connectivity index (χ1v) is 11.9. The van der Waals surface area contributed by atoms with Crippen LogP contribution in [0.2, 0.25) is 5.02 Å². The number of hydrogen-bond acceptors (Lipinski definition) is 6. The molecule has 2 N–H and O–H groups in total. The summed E-state index contributed by atoms with van der Waals surface area (Å²) >= 11 is 6.06. The Labute approximate surface area is 202 Å². The van der Waals surface area contributed by atoms with Gasteiger partial charge < -0.3 is 10.1 Å². The molecule has 0 unspecified atom stereocenters. The van der Waals surface area contributed by atoms with Gasteiger partial charge >= 0.3 is 5.97 Å². The minimum absolute atomic E-state index is 0.0475. The van der Waals surface area contributed by atoms with Crippen molar-refractivity contribution in [3.8, 4) is 6.07 Å². The van der Waals surface area contributed by atoms with E-state index >= 15 is 0 Å². The molecule has 0 aliphatic rings. The third-order valence-corrected chi connectivity index (χ3v) is 6.50. The summed E-state index contributed by atoms with van der Waals surface area (Å²) in [5.74, 6) is -1.46. The molecule has 0 radical (unpaired) electrons. The van der Waals surface area contributed by atoms with Crippen LogP contribution in [0, 0.1) is 11.3 Å². The van der Waals surface area contributed by atoms with Crippen LogP contribution in [-0.4, -0.2) is 26.9 Å². The van der Waals surface area contributed by atoms with Gasteiger partial charge in [-0.15, -0.1) is 0 Å². The number of carbonyl (C=O) groups excluding carboxylic acids is 2. The molecule has 1 amide bonds. The number of nitrogens with zero attached hydrogens (tertiary/aromatic N) is 1. The van der Waals surface area contributed by atoms with Crippen LogP contribution >= 0.6 is 11.6 Å². The fourth-order valence-electron chi connectivity index (χ4n) is 2.90. The number of benzene rings is 3. The van der Waals surface area contributed by atoms with Crippen molar-refractivity contribution in [2.24, 2.45) is 0 Å². The predicted molar refractivity (Wildman–Crippen MR) is 127 cm³/mol. The average molecular weight is 498 g/mol. The lowest BCUT2D eigenvalue weighted by Gasteiger charge is -2.11. The van der Waals surface area contributed by atoms with Crippen LogP contribution in [0.1, 0.15) is 21.5 Å². The van der Waals surface area contributed by atoms with E-state index in [2.05, 4.69) is 10.0 Å². The molecule has 0 aliphatic carbocycles. The van der Waals surface area contributed by atoms with E-state index in [-0.39, 0.29) is 28.4 Å². The normalized spacial score (nSPS) is 10.8. The van der Waals surface area contributed by atoms with Crippen molar-refractivity contribution in [1.82, 2.24) is 4.72 Å². The summed E-state index contributed by atoms with van der Waals surface area (Å²) in [7, 11) is -4.01. The number of rotatable bonds is 9. The first-order valence-electron chi connectivity index (χ1n) is 10.0. The van der Waals surface area contributed by atoms with E-state index in [4.69, 9.17) is 21.6 Å². The summed E-state index contributed by atoms with van der Waals surface area (Å²) in [6.45, 7) is -0.526. The van der Waals surface area contributed by atoms with Crippen molar-refractivity contribution in [3.63, 3.8) is 0 Å². The molecular formula is C24H20ClN3O5S. The van der Waals surface area contributed by atoms with Crippen LogP contribution in [0.5, 0.6) is 0 Å². The number of anilines is 1. The van der Waals surface area contributed by atoms with Crippen molar-refractivity contribution in [3.05, 3.63) is 94.5 Å². The van der Waals surface area contributed by atoms with E-state index in [9.17, 15) is 18.0 Å². The van der Waals surface area contributed by atoms with Crippen molar-refractivity contribution in [2.75, 3.05) is 11.9 Å². The Morgan fingerprint density at radius 2 is 1.68 bits per heavy atom. The Balaban J connectivity index is 1.61. The number of amides is 1. The Kier molecular flexibility index (Phi) is 8.38. The van der Waals surface area contributed by atoms with Gasteiger partial charge in [0.2, 0.25) is 10.0 Å². The van der Waals surface area contributed by atoms with Gasteiger partial charge in [-0.2, -0.15) is 5.26 Å². The molecule has 3 aromatic carbocycles. The summed E-state index contributed by atoms with van der Waals surface area (Å²) in [5, 5.41) is 11.2. The molecule has 0 fully saturated rings. The molecule has 0 atom stereocenters. The molecule has 0 aliphatic heterocycles. The van der Waals surface area contributed by atoms with Crippen molar-refractivity contribution in [1.29, 1.82) is 5.26 Å². The highest BCUT2D eigenvalue weighted by molar-refractivity contribution is 7.89. The largest absolute Gasteiger partial charge is 0.452 e. The minimum atomic E-state index is -4.01. The van der Waals surface area contributed by atoms with Crippen LogP contribution in [0.25, 0.3) is 0 Å². The monoisotopic (exact) mass is 497 g/mol. The maximum absolute atomic E-state index is 12.7. The Morgan fingerprint density at radius 1 is 0.971 bits per heavy atom. The lowest BCUT2D eigenvalue weighted by molar-refractivity contribution is -0.119. The number of carbonyl (C=O) groups is 2. The average Bonchev–Trinajstić information content (AvgIpc) is 2.83. The van der Waals surface area contributed by atoms with Gasteiger partial charge in [0.1, 0.15) is 4.90 Å². The van der Waals surface area contributed by atoms with Gasteiger partial charge in [-0.1, -0.05) is 54.1 Å². The first kappa shape index (κ1) is 24.9. The molecule has 0 aromatic heterocycles. The van der Waals surface area contributed by atoms with E-state index in [1.807, 2.05) is 12.1 Å². The Bertz CT molecular complexity index is 1320. The summed E-state index contributed by atoms with van der Waals surface area (Å²) < 4.78 is 32.9. The highest BCUT2D eigenvalue weighted by Crippen LogP contribution is 2.23. The summed E-state index contributed by atoms with van der Waals surface area (Å²) in [6.07, 6.45) is 0.256. The maximum Gasteiger partial charge on any atom is 0.338 e. The summed E-state index contributed by atoms with van der Waals surface area (Å²) in [5.41, 5.74) is 1.97. The van der Waals surface area contributed by atoms with E-state index < -0.39 is 28.5 Å². The van der Waals surface area contributed by atoms with Gasteiger partial charge in [-0.3, -0.25) is 4.79 Å². The Morgan fingerprint density at radius 3 is 2.35 bits per heavy atom. The molecule has 0 saturated carbocycles. The molecule has 8 nitrogen and oxygen atoms in total. The first-order chi connectivity index (χ1) is 16.3. The lowest BCUT2D eigenvalue weighted by atomic mass is 10.1. The lowest BCUT2D eigenvalue weighted by Crippen LogP contribution is -2.24. The summed E-state index contributed by atoms with van der Waals surface area (Å²) in [4.78, 5) is 24.2. The van der Waals surface area contributed by atoms with Crippen molar-refractivity contribution >= 4 is 39.2 Å². The quantitative estimate of drug-likeness (QED) is 0.434. The smallest absolute Gasteiger partial charge is 0.338 e. The molecule has 0 heterocycles. The number of ether oxygens (including phenoxy) is 1. The van der Waals surface area contributed by atoms with E-state index in [0.29, 0.717) is 5.69 Å². The summed E-state index contributed by atoms with van der Waals surface area (Å²) in [6, 6.07) is 21.3. The van der Waals surface area contributed by atoms with Crippen LogP contribution in [0.4, 0.5) is 5.69 Å². The fraction of sp³-hybridized carbons (Fsp3) is 0.125. The predicted octanol–water partition coefficient (Wildman–Crippen LogP) is 3.68. The molecular weight excluding hydrogens is 478 g/mol. The minimum Gasteiger partial charge on any atom is -0.452 e. The molecule has 3 rings (SSSR count). The second-order valence-corrected chi connectivity index (χ2v) is 9.25. The van der Waals surface area contributed by atoms with E-state index in [0.717, 1.165) is 17.2 Å². The SMILES string of the molecule is N#CCc1ccc(NC(=O)COC(=O)c2ccc(Cl)c(S(=O)(=O)NCc3ccccc3)c2)cc1. The highest BCUT2D eigenvalue weighted by atomic mass is 35.5. The van der Waals surface area contributed by atoms with Crippen LogP contribution in [0.15, 0.2) is 77.7 Å². The molecule has 174 valence electrons. The zero-order chi connectivity index (χ0) is 24.6. The number of esters is 1. The standard InChI is InChI=1S/C24H20ClN3O5S/c25-21-11-8-19(14-22(21)34(31,32)27-15-18-4-2-1-3-5-18)24(30)33-16-23(29)28-20-9-6-17(7-10-20)12-13-26/h1-11,14,27H,12,15-16H2,(H,28,29). The third-order valence-electron chi connectivity index (χ3n) is 4.62. The fourth-order valence-corrected chi connectivity index (χ4v) is 4.44. The molecule has 10 heteroatoms. The Hall–Kier alpha value is -3.71. The van der Waals surface area contributed by atoms with E-state index in [1.54, 1.807) is 48.5 Å². The highest BCUT2D eigenvalue weighted by Gasteiger charge is 2.21. The number of halogens is 1. The zero-order valence-electron chi connectivity index (χ0n) is 17.8. The second kappa shape index (κ2) is 11.4. The molecule has 0 spiro atoms. The van der Waals surface area contributed by atoms with Crippen LogP contribution < -0.4 is 10.0 Å². The molecule has 0 saturated heterocycles. The zero-order valence-corrected chi connectivity index (χ0v) is 19.4. The van der Waals surface area contributed by atoms with Crippen molar-refractivity contribution < 1.29 is 22.7 Å². The van der Waals surface area contributed by atoms with Gasteiger partial charge in [0.05, 0.1) is 23.1 Å². The molecule has 34 heavy (non-hydrogen) atoms. The molecule has 3 aromatic rings. The number of hydrogen-bond donors (Lipinski definition) is 2. The third kappa shape index (κ3) is 6.89. The second-order valence-electron chi connectivity index (χ2n) is 7.11. The number of sulfonamides is 1. The topological polar surface area (TPSA) is 125 Å². The van der Waals surface area contributed by atoms with Crippen LogP contribution in [-0.2, 0) is 32.5 Å².